The van der Waals surface area contributed by atoms with Crippen molar-refractivity contribution in [1.82, 2.24) is 0 Å². The zero-order valence-electron chi connectivity index (χ0n) is 14.8. The van der Waals surface area contributed by atoms with E-state index in [2.05, 4.69) is 12.1 Å². The highest BCUT2D eigenvalue weighted by atomic mass is 31.2. The van der Waals surface area contributed by atoms with E-state index in [1.54, 1.807) is 0 Å². The predicted octanol–water partition coefficient (Wildman–Crippen LogP) is 3.80. The summed E-state index contributed by atoms with van der Waals surface area (Å²) in [6.45, 7) is 8.43. The van der Waals surface area contributed by atoms with Crippen LogP contribution in [0.15, 0.2) is 12.1 Å². The van der Waals surface area contributed by atoms with Gasteiger partial charge in [0, 0.05) is 32.6 Å². The van der Waals surface area contributed by atoms with Gasteiger partial charge < -0.3 is 13.9 Å². The summed E-state index contributed by atoms with van der Waals surface area (Å²) in [6.07, 6.45) is 0.686. The van der Waals surface area contributed by atoms with Crippen LogP contribution in [0.3, 0.4) is 0 Å². The van der Waals surface area contributed by atoms with E-state index in [9.17, 15) is 9.36 Å². The third kappa shape index (κ3) is 3.23. The van der Waals surface area contributed by atoms with Gasteiger partial charge in [-0.25, -0.2) is 0 Å². The Balaban J connectivity index is 2.57. The van der Waals surface area contributed by atoms with Crippen LogP contribution < -0.4 is 4.90 Å². The molecule has 1 aromatic rings. The molecule has 6 heteroatoms. The minimum atomic E-state index is -3.18. The Morgan fingerprint density at radius 2 is 1.91 bits per heavy atom. The van der Waals surface area contributed by atoms with Gasteiger partial charge in [0.1, 0.15) is 0 Å². The third-order valence-corrected chi connectivity index (χ3v) is 6.77. The lowest BCUT2D eigenvalue weighted by molar-refractivity contribution is -0.118. The summed E-state index contributed by atoms with van der Waals surface area (Å²) in [4.78, 5) is 14.2. The van der Waals surface area contributed by atoms with Crippen molar-refractivity contribution in [3.05, 3.63) is 28.8 Å². The molecule has 23 heavy (non-hydrogen) atoms. The topological polar surface area (TPSA) is 55.8 Å². The summed E-state index contributed by atoms with van der Waals surface area (Å²) in [7, 11) is -0.379. The fourth-order valence-electron chi connectivity index (χ4n) is 3.46. The van der Waals surface area contributed by atoms with E-state index in [0.29, 0.717) is 13.0 Å². The maximum Gasteiger partial charge on any atom is 0.331 e. The fraction of sp³-hybridized carbons (Fsp3) is 0.588. The molecule has 128 valence electrons. The summed E-state index contributed by atoms with van der Waals surface area (Å²) < 4.78 is 23.0. The van der Waals surface area contributed by atoms with Gasteiger partial charge in [-0.05, 0) is 25.0 Å². The van der Waals surface area contributed by atoms with Crippen molar-refractivity contribution >= 4 is 19.2 Å². The van der Waals surface area contributed by atoms with Crippen LogP contribution in [0.4, 0.5) is 5.69 Å². The zero-order valence-corrected chi connectivity index (χ0v) is 15.7. The van der Waals surface area contributed by atoms with Gasteiger partial charge in [-0.3, -0.25) is 9.36 Å². The van der Waals surface area contributed by atoms with E-state index in [1.165, 1.54) is 14.2 Å². The van der Waals surface area contributed by atoms with Crippen molar-refractivity contribution in [3.63, 3.8) is 0 Å². The van der Waals surface area contributed by atoms with E-state index in [0.717, 1.165) is 22.4 Å². The molecule has 0 aromatic heterocycles. The van der Waals surface area contributed by atoms with Crippen LogP contribution in [0.25, 0.3) is 0 Å². The molecule has 0 aliphatic carbocycles. The molecule has 5 nitrogen and oxygen atoms in total. The van der Waals surface area contributed by atoms with Crippen molar-refractivity contribution < 1.29 is 18.4 Å². The molecule has 0 bridgehead atoms. The Morgan fingerprint density at radius 3 is 2.43 bits per heavy atom. The molecule has 1 heterocycles. The number of rotatable bonds is 5. The lowest BCUT2D eigenvalue weighted by atomic mass is 9.85. The SMILES string of the molecule is CCC(=O)N1CC(C)(CP(=O)(OC)OC)c2cc(C)cc(C)c21. The third-order valence-electron chi connectivity index (χ3n) is 4.57. The maximum absolute atomic E-state index is 12.7. The highest BCUT2D eigenvalue weighted by Gasteiger charge is 2.46. The Morgan fingerprint density at radius 1 is 1.30 bits per heavy atom. The van der Waals surface area contributed by atoms with E-state index in [4.69, 9.17) is 9.05 Å². The number of benzene rings is 1. The van der Waals surface area contributed by atoms with Crippen LogP contribution in [-0.4, -0.2) is 32.8 Å². The first-order valence-corrected chi connectivity index (χ1v) is 9.55. The smallest absolute Gasteiger partial charge is 0.312 e. The molecule has 1 aromatic carbocycles. The van der Waals surface area contributed by atoms with Crippen LogP contribution in [-0.2, 0) is 23.8 Å². The normalized spacial score (nSPS) is 20.7. The number of anilines is 1. The minimum absolute atomic E-state index is 0.0756. The first-order chi connectivity index (χ1) is 10.7. The highest BCUT2D eigenvalue weighted by Crippen LogP contribution is 2.55. The number of hydrogen-bond donors (Lipinski definition) is 0. The van der Waals surface area contributed by atoms with Crippen molar-refractivity contribution in [3.8, 4) is 0 Å². The Labute approximate surface area is 138 Å². The summed E-state index contributed by atoms with van der Waals surface area (Å²) in [6, 6.07) is 4.16. The minimum Gasteiger partial charge on any atom is -0.312 e. The lowest BCUT2D eigenvalue weighted by Gasteiger charge is -2.28. The number of fused-ring (bicyclic) bond motifs is 1. The van der Waals surface area contributed by atoms with Crippen LogP contribution in [0.2, 0.25) is 0 Å². The summed E-state index contributed by atoms with van der Waals surface area (Å²) in [5.74, 6) is 0.0756. The van der Waals surface area contributed by atoms with Gasteiger partial charge in [-0.15, -0.1) is 0 Å². The number of aryl methyl sites for hydroxylation is 2. The van der Waals surface area contributed by atoms with E-state index < -0.39 is 13.0 Å². The molecule has 0 spiro atoms. The van der Waals surface area contributed by atoms with Gasteiger partial charge >= 0.3 is 7.60 Å². The van der Waals surface area contributed by atoms with Crippen molar-refractivity contribution in [1.29, 1.82) is 0 Å². The Kier molecular flexibility index (Phi) is 5.05. The largest absolute Gasteiger partial charge is 0.331 e. The van der Waals surface area contributed by atoms with E-state index in [1.807, 2.05) is 32.6 Å². The highest BCUT2D eigenvalue weighted by molar-refractivity contribution is 7.53. The number of carbonyl (C=O) groups is 1. The van der Waals surface area contributed by atoms with Crippen molar-refractivity contribution in [2.75, 3.05) is 31.8 Å². The van der Waals surface area contributed by atoms with Crippen LogP contribution in [0.5, 0.6) is 0 Å². The molecule has 1 atom stereocenters. The first-order valence-electron chi connectivity index (χ1n) is 7.82. The second kappa shape index (κ2) is 6.39. The molecule has 1 amide bonds. The molecular weight excluding hydrogens is 313 g/mol. The average Bonchev–Trinajstić information content (AvgIpc) is 2.79. The standard InChI is InChI=1S/C17H26NO4P/c1-7-15(19)18-10-17(4,11-23(20,21-5)22-6)14-9-12(2)8-13(3)16(14)18/h8-9H,7,10-11H2,1-6H3. The van der Waals surface area contributed by atoms with Crippen molar-refractivity contribution in [2.45, 2.75) is 39.5 Å². The maximum atomic E-state index is 12.7. The van der Waals surface area contributed by atoms with Crippen LogP contribution in [0, 0.1) is 13.8 Å². The van der Waals surface area contributed by atoms with Crippen molar-refractivity contribution in [2.24, 2.45) is 0 Å². The van der Waals surface area contributed by atoms with Gasteiger partial charge in [0.05, 0.1) is 11.8 Å². The quantitative estimate of drug-likeness (QED) is 0.766. The number of hydrogen-bond acceptors (Lipinski definition) is 4. The summed E-state index contributed by atoms with van der Waals surface area (Å²) >= 11 is 0. The summed E-state index contributed by atoms with van der Waals surface area (Å²) in [5.41, 5.74) is 3.73. The molecule has 1 unspecified atom stereocenters. The molecule has 1 aliphatic rings. The van der Waals surface area contributed by atoms with Gasteiger partial charge in [-0.2, -0.15) is 0 Å². The zero-order chi connectivity index (χ0) is 17.4. The number of amides is 1. The molecule has 1 aliphatic heterocycles. The lowest BCUT2D eigenvalue weighted by Crippen LogP contribution is -2.37. The monoisotopic (exact) mass is 339 g/mol. The molecule has 0 saturated heterocycles. The van der Waals surface area contributed by atoms with Gasteiger partial charge in [-0.1, -0.05) is 31.5 Å². The Bertz CT molecular complexity index is 665. The molecule has 0 radical (unpaired) electrons. The van der Waals surface area contributed by atoms with Crippen LogP contribution >= 0.6 is 7.60 Å². The van der Waals surface area contributed by atoms with Crippen LogP contribution in [0.1, 0.15) is 37.0 Å². The number of carbonyl (C=O) groups excluding carboxylic acids is 1. The second-order valence-electron chi connectivity index (χ2n) is 6.51. The van der Waals surface area contributed by atoms with E-state index in [-0.39, 0.29) is 12.1 Å². The fourth-order valence-corrected chi connectivity index (χ4v) is 4.99. The molecule has 0 saturated carbocycles. The van der Waals surface area contributed by atoms with E-state index >= 15 is 0 Å². The van der Waals surface area contributed by atoms with Gasteiger partial charge in [0.25, 0.3) is 0 Å². The van der Waals surface area contributed by atoms with Gasteiger partial charge in [0.2, 0.25) is 5.91 Å². The molecule has 0 N–H and O–H groups in total. The second-order valence-corrected chi connectivity index (χ2v) is 8.77. The molecule has 0 fully saturated rings. The Hall–Kier alpha value is -1.16. The van der Waals surface area contributed by atoms with Gasteiger partial charge in [0.15, 0.2) is 0 Å². The average molecular weight is 339 g/mol. The molecular formula is C17H26NO4P. The molecule has 2 rings (SSSR count). The predicted molar refractivity (Wildman–Crippen MR) is 92.4 cm³/mol. The first kappa shape index (κ1) is 18.2. The summed E-state index contributed by atoms with van der Waals surface area (Å²) in [5, 5.41) is 0. The number of nitrogens with zero attached hydrogens (tertiary/aromatic N) is 1.